The number of aryl methyl sites for hydroxylation is 2. The third-order valence-corrected chi connectivity index (χ3v) is 1.85. The Morgan fingerprint density at radius 3 is 2.91 bits per heavy atom. The van der Waals surface area contributed by atoms with E-state index in [1.54, 1.807) is 0 Å². The minimum absolute atomic E-state index is 0. The first-order valence-electron chi connectivity index (χ1n) is 3.47. The number of aromatic nitrogens is 2. The molecule has 0 fully saturated rings. The number of hydrogen-bond acceptors (Lipinski definition) is 2. The zero-order valence-electron chi connectivity index (χ0n) is 6.49. The van der Waals surface area contributed by atoms with Gasteiger partial charge in [-0.05, 0) is 12.8 Å². The Hall–Kier alpha value is -0.350. The van der Waals surface area contributed by atoms with Crippen LogP contribution >= 0.6 is 17.0 Å². The molecule has 0 aromatic carbocycles. The number of imidazole rings is 1. The number of rotatable bonds is 0. The molecule has 0 saturated heterocycles. The molecule has 3 N–H and O–H groups in total. The predicted molar refractivity (Wildman–Crippen MR) is 50.5 cm³/mol. The number of hydrogen-bond donors (Lipinski definition) is 1. The highest BCUT2D eigenvalue weighted by atomic mass is 79.9. The van der Waals surface area contributed by atoms with Gasteiger partial charge in [-0.1, -0.05) is 0 Å². The van der Waals surface area contributed by atoms with Gasteiger partial charge in [0.05, 0.1) is 0 Å². The summed E-state index contributed by atoms with van der Waals surface area (Å²) < 4.78 is 2.24. The van der Waals surface area contributed by atoms with Crippen LogP contribution in [0.25, 0.3) is 0 Å². The second kappa shape index (κ2) is 4.51. The Morgan fingerprint density at radius 2 is 2.18 bits per heavy atom. The van der Waals surface area contributed by atoms with Crippen LogP contribution in [-0.4, -0.2) is 9.55 Å². The maximum absolute atomic E-state index is 4.22. The SMILES string of the molecule is Br.N.c1cn2c(n1)CCCC2. The minimum atomic E-state index is 0. The third-order valence-electron chi connectivity index (χ3n) is 1.85. The van der Waals surface area contributed by atoms with Crippen molar-refractivity contribution >= 4 is 17.0 Å². The first kappa shape index (κ1) is 10.7. The molecule has 0 saturated carbocycles. The third kappa shape index (κ3) is 2.04. The molecule has 0 atom stereocenters. The zero-order valence-corrected chi connectivity index (χ0v) is 8.21. The summed E-state index contributed by atoms with van der Waals surface area (Å²) >= 11 is 0. The van der Waals surface area contributed by atoms with Crippen LogP contribution in [0.15, 0.2) is 12.4 Å². The fourth-order valence-corrected chi connectivity index (χ4v) is 1.34. The van der Waals surface area contributed by atoms with Gasteiger partial charge in [0.15, 0.2) is 0 Å². The highest BCUT2D eigenvalue weighted by Crippen LogP contribution is 2.10. The summed E-state index contributed by atoms with van der Waals surface area (Å²) in [7, 11) is 0. The number of fused-ring (bicyclic) bond motifs is 1. The molecule has 0 amide bonds. The van der Waals surface area contributed by atoms with Crippen molar-refractivity contribution in [2.75, 3.05) is 0 Å². The molecule has 0 aliphatic carbocycles. The van der Waals surface area contributed by atoms with Crippen LogP contribution in [0, 0.1) is 0 Å². The van der Waals surface area contributed by atoms with Crippen LogP contribution in [0.5, 0.6) is 0 Å². The van der Waals surface area contributed by atoms with Gasteiger partial charge in [-0.3, -0.25) is 0 Å². The van der Waals surface area contributed by atoms with E-state index in [1.165, 1.54) is 31.6 Å². The van der Waals surface area contributed by atoms with E-state index in [-0.39, 0.29) is 23.1 Å². The molecule has 4 heteroatoms. The average molecular weight is 220 g/mol. The van der Waals surface area contributed by atoms with Crippen molar-refractivity contribution in [2.45, 2.75) is 25.8 Å². The van der Waals surface area contributed by atoms with Crippen molar-refractivity contribution in [3.63, 3.8) is 0 Å². The molecule has 64 valence electrons. The van der Waals surface area contributed by atoms with Gasteiger partial charge in [0.25, 0.3) is 0 Å². The van der Waals surface area contributed by atoms with Crippen LogP contribution < -0.4 is 6.15 Å². The van der Waals surface area contributed by atoms with Crippen molar-refractivity contribution in [3.8, 4) is 0 Å². The lowest BCUT2D eigenvalue weighted by atomic mass is 10.2. The van der Waals surface area contributed by atoms with Gasteiger partial charge in [-0.2, -0.15) is 0 Å². The van der Waals surface area contributed by atoms with Gasteiger partial charge in [-0.25, -0.2) is 4.98 Å². The van der Waals surface area contributed by atoms with E-state index >= 15 is 0 Å². The first-order chi connectivity index (χ1) is 4.47. The molecule has 1 aliphatic rings. The molecule has 0 radical (unpaired) electrons. The molecule has 1 aliphatic heterocycles. The summed E-state index contributed by atoms with van der Waals surface area (Å²) in [5.41, 5.74) is 0. The van der Waals surface area contributed by atoms with Crippen LogP contribution in [0.2, 0.25) is 0 Å². The van der Waals surface area contributed by atoms with Gasteiger partial charge >= 0.3 is 0 Å². The zero-order chi connectivity index (χ0) is 6.10. The fraction of sp³-hybridized carbons (Fsp3) is 0.571. The van der Waals surface area contributed by atoms with E-state index in [2.05, 4.69) is 15.7 Å². The van der Waals surface area contributed by atoms with E-state index in [0.717, 1.165) is 0 Å². The van der Waals surface area contributed by atoms with Crippen molar-refractivity contribution in [1.29, 1.82) is 0 Å². The van der Waals surface area contributed by atoms with Crippen molar-refractivity contribution in [3.05, 3.63) is 18.2 Å². The standard InChI is InChI=1S/C7H10N2.BrH.H3N/c1-2-5-9-6-4-8-7(9)3-1;;/h4,6H,1-3,5H2;1H;1H3. The maximum Gasteiger partial charge on any atom is 0.108 e. The summed E-state index contributed by atoms with van der Waals surface area (Å²) in [6.45, 7) is 1.18. The summed E-state index contributed by atoms with van der Waals surface area (Å²) in [5, 5.41) is 0. The second-order valence-corrected chi connectivity index (χ2v) is 2.49. The summed E-state index contributed by atoms with van der Waals surface area (Å²) in [6, 6.07) is 0. The van der Waals surface area contributed by atoms with E-state index in [9.17, 15) is 0 Å². The molecule has 3 nitrogen and oxygen atoms in total. The van der Waals surface area contributed by atoms with Crippen LogP contribution in [-0.2, 0) is 13.0 Å². The smallest absolute Gasteiger partial charge is 0.108 e. The fourth-order valence-electron chi connectivity index (χ4n) is 1.34. The molecule has 1 aromatic heterocycles. The lowest BCUT2D eigenvalue weighted by molar-refractivity contribution is 0.522. The lowest BCUT2D eigenvalue weighted by Crippen LogP contribution is -2.08. The molecule has 0 spiro atoms. The average Bonchev–Trinajstić information content (AvgIpc) is 2.33. The van der Waals surface area contributed by atoms with Gasteiger partial charge in [0.1, 0.15) is 5.82 Å². The summed E-state index contributed by atoms with van der Waals surface area (Å²) in [5.74, 6) is 1.27. The topological polar surface area (TPSA) is 52.8 Å². The molecule has 0 bridgehead atoms. The lowest BCUT2D eigenvalue weighted by Gasteiger charge is -2.11. The Morgan fingerprint density at radius 1 is 1.36 bits per heavy atom. The van der Waals surface area contributed by atoms with Crippen LogP contribution in [0.4, 0.5) is 0 Å². The number of nitrogens with zero attached hydrogens (tertiary/aromatic N) is 2. The molecule has 1 aromatic rings. The quantitative estimate of drug-likeness (QED) is 0.726. The van der Waals surface area contributed by atoms with Crippen molar-refractivity contribution < 1.29 is 0 Å². The first-order valence-corrected chi connectivity index (χ1v) is 3.47. The molecular formula is C7H14BrN3. The summed E-state index contributed by atoms with van der Waals surface area (Å²) in [4.78, 5) is 4.22. The summed E-state index contributed by atoms with van der Waals surface area (Å²) in [6.07, 6.45) is 7.77. The molecule has 0 unspecified atom stereocenters. The van der Waals surface area contributed by atoms with Crippen molar-refractivity contribution in [2.24, 2.45) is 0 Å². The monoisotopic (exact) mass is 219 g/mol. The van der Waals surface area contributed by atoms with E-state index < -0.39 is 0 Å². The Kier molecular flexibility index (Phi) is 4.37. The van der Waals surface area contributed by atoms with Gasteiger partial charge in [0, 0.05) is 25.4 Å². The van der Waals surface area contributed by atoms with Gasteiger partial charge in [0.2, 0.25) is 0 Å². The molecular weight excluding hydrogens is 206 g/mol. The highest BCUT2D eigenvalue weighted by molar-refractivity contribution is 8.93. The van der Waals surface area contributed by atoms with Crippen LogP contribution in [0.3, 0.4) is 0 Å². The van der Waals surface area contributed by atoms with Gasteiger partial charge < -0.3 is 10.7 Å². The van der Waals surface area contributed by atoms with E-state index in [1.807, 2.05) is 6.20 Å². The Balaban J connectivity index is 0.000000500. The van der Waals surface area contributed by atoms with Crippen LogP contribution in [0.1, 0.15) is 18.7 Å². The molecule has 2 heterocycles. The van der Waals surface area contributed by atoms with E-state index in [4.69, 9.17) is 0 Å². The van der Waals surface area contributed by atoms with Crippen molar-refractivity contribution in [1.82, 2.24) is 15.7 Å². The van der Waals surface area contributed by atoms with E-state index in [0.29, 0.717) is 0 Å². The Labute approximate surface area is 77.2 Å². The predicted octanol–water partition coefficient (Wildman–Crippen LogP) is 1.96. The molecule has 2 rings (SSSR count). The Bertz CT molecular complexity index is 189. The second-order valence-electron chi connectivity index (χ2n) is 2.49. The minimum Gasteiger partial charge on any atom is -0.344 e. The highest BCUT2D eigenvalue weighted by Gasteiger charge is 2.06. The largest absolute Gasteiger partial charge is 0.344 e. The molecule has 11 heavy (non-hydrogen) atoms. The normalized spacial score (nSPS) is 14.2. The van der Waals surface area contributed by atoms with Gasteiger partial charge in [-0.15, -0.1) is 17.0 Å². The maximum atomic E-state index is 4.22. The number of halogens is 1.